The molecule has 0 unspecified atom stereocenters. The molecule has 136 valence electrons. The Bertz CT molecular complexity index is 694. The van der Waals surface area contributed by atoms with E-state index in [1.54, 1.807) is 17.3 Å². The quantitative estimate of drug-likeness (QED) is 0.711. The van der Waals surface area contributed by atoms with Gasteiger partial charge in [-0.3, -0.25) is 14.7 Å². The van der Waals surface area contributed by atoms with Crippen LogP contribution in [0.2, 0.25) is 0 Å². The first-order chi connectivity index (χ1) is 12.8. The van der Waals surface area contributed by atoms with E-state index < -0.39 is 0 Å². The maximum atomic E-state index is 12.2. The predicted molar refractivity (Wildman–Crippen MR) is 106 cm³/mol. The molecule has 1 aliphatic heterocycles. The van der Waals surface area contributed by atoms with Gasteiger partial charge in [-0.2, -0.15) is 0 Å². The molecule has 0 N–H and O–H groups in total. The third kappa shape index (κ3) is 5.02. The van der Waals surface area contributed by atoms with Crippen LogP contribution in [0, 0.1) is 5.92 Å². The van der Waals surface area contributed by atoms with Crippen molar-refractivity contribution in [2.45, 2.75) is 25.8 Å². The number of nitrogens with zero attached hydrogens (tertiary/aromatic N) is 3. The monoisotopic (exact) mass is 349 g/mol. The van der Waals surface area contributed by atoms with Gasteiger partial charge in [0.2, 0.25) is 5.91 Å². The number of amides is 1. The zero-order chi connectivity index (χ0) is 18.2. The number of anilines is 1. The Balaban J connectivity index is 1.49. The van der Waals surface area contributed by atoms with E-state index in [1.807, 2.05) is 12.1 Å². The lowest BCUT2D eigenvalue weighted by Gasteiger charge is -2.33. The van der Waals surface area contributed by atoms with Gasteiger partial charge in [0, 0.05) is 19.3 Å². The molecule has 0 bridgehead atoms. The fourth-order valence-electron chi connectivity index (χ4n) is 3.58. The minimum atomic E-state index is -0.0560. The molecule has 2 heterocycles. The molecule has 0 aliphatic carbocycles. The Morgan fingerprint density at radius 1 is 1.19 bits per heavy atom. The van der Waals surface area contributed by atoms with Crippen LogP contribution >= 0.6 is 0 Å². The second-order valence-electron chi connectivity index (χ2n) is 6.90. The lowest BCUT2D eigenvalue weighted by atomic mass is 9.93. The number of pyridine rings is 1. The van der Waals surface area contributed by atoms with Crippen molar-refractivity contribution in [3.05, 3.63) is 73.1 Å². The number of rotatable bonds is 7. The Morgan fingerprint density at radius 2 is 1.96 bits per heavy atom. The number of likely N-dealkylation sites (tertiary alicyclic amines) is 1. The zero-order valence-electron chi connectivity index (χ0n) is 15.3. The average molecular weight is 349 g/mol. The summed E-state index contributed by atoms with van der Waals surface area (Å²) in [5.74, 6) is 0.610. The van der Waals surface area contributed by atoms with Gasteiger partial charge in [-0.1, -0.05) is 36.9 Å². The van der Waals surface area contributed by atoms with Crippen molar-refractivity contribution in [1.82, 2.24) is 9.88 Å². The molecule has 0 radical (unpaired) electrons. The first-order valence-corrected chi connectivity index (χ1v) is 9.36. The molecule has 1 aromatic heterocycles. The molecule has 1 aliphatic rings. The molecule has 4 nitrogen and oxygen atoms in total. The highest BCUT2D eigenvalue weighted by atomic mass is 16.2. The lowest BCUT2D eigenvalue weighted by molar-refractivity contribution is -0.114. The summed E-state index contributed by atoms with van der Waals surface area (Å²) in [6.45, 7) is 7.64. The third-order valence-electron chi connectivity index (χ3n) is 5.12. The van der Waals surface area contributed by atoms with Gasteiger partial charge < -0.3 is 4.90 Å². The van der Waals surface area contributed by atoms with Crippen LogP contribution in [0.5, 0.6) is 0 Å². The summed E-state index contributed by atoms with van der Waals surface area (Å²) in [6.07, 6.45) is 8.25. The van der Waals surface area contributed by atoms with Crippen LogP contribution in [0.25, 0.3) is 0 Å². The maximum absolute atomic E-state index is 12.2. The molecule has 0 saturated carbocycles. The van der Waals surface area contributed by atoms with Gasteiger partial charge in [-0.15, -0.1) is 0 Å². The van der Waals surface area contributed by atoms with E-state index in [-0.39, 0.29) is 5.91 Å². The summed E-state index contributed by atoms with van der Waals surface area (Å²) in [6, 6.07) is 14.4. The van der Waals surface area contributed by atoms with Crippen molar-refractivity contribution in [3.8, 4) is 0 Å². The summed E-state index contributed by atoms with van der Waals surface area (Å²) in [5, 5.41) is 0. The Kier molecular flexibility index (Phi) is 6.56. The number of carbonyl (C=O) groups is 1. The number of benzene rings is 1. The summed E-state index contributed by atoms with van der Waals surface area (Å²) < 4.78 is 0. The molecule has 3 rings (SSSR count). The van der Waals surface area contributed by atoms with Gasteiger partial charge in [0.25, 0.3) is 0 Å². The molecule has 1 amide bonds. The predicted octanol–water partition coefficient (Wildman–Crippen LogP) is 3.90. The van der Waals surface area contributed by atoms with Crippen molar-refractivity contribution in [3.63, 3.8) is 0 Å². The smallest absolute Gasteiger partial charge is 0.250 e. The molecule has 1 saturated heterocycles. The van der Waals surface area contributed by atoms with Crippen LogP contribution in [0.15, 0.2) is 67.5 Å². The standard InChI is InChI=1S/C22H27N3O/c1-2-22(26)25(21-9-6-13-23-17-21)16-12-19-10-14-24(15-11-19)18-20-7-4-3-5-8-20/h2-9,13,17,19H,1,10-12,14-16,18H2. The number of hydrogen-bond acceptors (Lipinski definition) is 3. The van der Waals surface area contributed by atoms with Crippen LogP contribution < -0.4 is 4.90 Å². The molecule has 0 spiro atoms. The number of hydrogen-bond donors (Lipinski definition) is 0. The lowest BCUT2D eigenvalue weighted by Crippen LogP contribution is -2.36. The average Bonchev–Trinajstić information content (AvgIpc) is 2.71. The minimum absolute atomic E-state index is 0.0560. The molecule has 1 fully saturated rings. The van der Waals surface area contributed by atoms with Crippen LogP contribution in [0.3, 0.4) is 0 Å². The van der Waals surface area contributed by atoms with Crippen molar-refractivity contribution in [2.24, 2.45) is 5.92 Å². The van der Waals surface area contributed by atoms with E-state index in [0.29, 0.717) is 5.92 Å². The normalized spacial score (nSPS) is 15.5. The first-order valence-electron chi connectivity index (χ1n) is 9.36. The van der Waals surface area contributed by atoms with Crippen molar-refractivity contribution < 1.29 is 4.79 Å². The Hall–Kier alpha value is -2.46. The first kappa shape index (κ1) is 18.3. The van der Waals surface area contributed by atoms with E-state index in [4.69, 9.17) is 0 Å². The van der Waals surface area contributed by atoms with E-state index >= 15 is 0 Å². The SMILES string of the molecule is C=CC(=O)N(CCC1CCN(Cc2ccccc2)CC1)c1cccnc1. The van der Waals surface area contributed by atoms with Crippen LogP contribution in [-0.2, 0) is 11.3 Å². The summed E-state index contributed by atoms with van der Waals surface area (Å²) in [7, 11) is 0. The molecule has 1 aromatic carbocycles. The highest BCUT2D eigenvalue weighted by Crippen LogP contribution is 2.23. The molecular formula is C22H27N3O. The molecule has 0 atom stereocenters. The highest BCUT2D eigenvalue weighted by Gasteiger charge is 2.21. The number of piperidine rings is 1. The topological polar surface area (TPSA) is 36.4 Å². The zero-order valence-corrected chi connectivity index (χ0v) is 15.3. The van der Waals surface area contributed by atoms with Crippen molar-refractivity contribution >= 4 is 11.6 Å². The van der Waals surface area contributed by atoms with Gasteiger partial charge in [-0.05, 0) is 62.0 Å². The second-order valence-corrected chi connectivity index (χ2v) is 6.90. The minimum Gasteiger partial charge on any atom is -0.307 e. The maximum Gasteiger partial charge on any atom is 0.250 e. The van der Waals surface area contributed by atoms with Gasteiger partial charge in [-0.25, -0.2) is 0 Å². The Labute approximate surface area is 156 Å². The van der Waals surface area contributed by atoms with Crippen LogP contribution in [0.4, 0.5) is 5.69 Å². The summed E-state index contributed by atoms with van der Waals surface area (Å²) >= 11 is 0. The van der Waals surface area contributed by atoms with E-state index in [0.717, 1.165) is 38.3 Å². The van der Waals surface area contributed by atoms with Gasteiger partial charge in [0.05, 0.1) is 11.9 Å². The van der Waals surface area contributed by atoms with Crippen molar-refractivity contribution in [2.75, 3.05) is 24.5 Å². The van der Waals surface area contributed by atoms with E-state index in [1.165, 1.54) is 24.5 Å². The Morgan fingerprint density at radius 3 is 2.62 bits per heavy atom. The fourth-order valence-corrected chi connectivity index (χ4v) is 3.58. The van der Waals surface area contributed by atoms with Gasteiger partial charge >= 0.3 is 0 Å². The van der Waals surface area contributed by atoms with E-state index in [9.17, 15) is 4.79 Å². The molecule has 26 heavy (non-hydrogen) atoms. The molecule has 4 heteroatoms. The second kappa shape index (κ2) is 9.30. The fraction of sp³-hybridized carbons (Fsp3) is 0.364. The van der Waals surface area contributed by atoms with Gasteiger partial charge in [0.15, 0.2) is 0 Å². The largest absolute Gasteiger partial charge is 0.307 e. The van der Waals surface area contributed by atoms with Crippen LogP contribution in [-0.4, -0.2) is 35.4 Å². The number of carbonyl (C=O) groups excluding carboxylic acids is 1. The van der Waals surface area contributed by atoms with Gasteiger partial charge in [0.1, 0.15) is 0 Å². The van der Waals surface area contributed by atoms with Crippen molar-refractivity contribution in [1.29, 1.82) is 0 Å². The number of aromatic nitrogens is 1. The summed E-state index contributed by atoms with van der Waals surface area (Å²) in [4.78, 5) is 20.7. The highest BCUT2D eigenvalue weighted by molar-refractivity contribution is 6.00. The third-order valence-corrected chi connectivity index (χ3v) is 5.12. The van der Waals surface area contributed by atoms with Crippen LogP contribution in [0.1, 0.15) is 24.8 Å². The summed E-state index contributed by atoms with van der Waals surface area (Å²) in [5.41, 5.74) is 2.23. The molecule has 2 aromatic rings. The van der Waals surface area contributed by atoms with E-state index in [2.05, 4.69) is 46.8 Å². The molecular weight excluding hydrogens is 322 g/mol.